The summed E-state index contributed by atoms with van der Waals surface area (Å²) in [5, 5.41) is 58.2. The topological polar surface area (TPSA) is 330 Å². The predicted octanol–water partition coefficient (Wildman–Crippen LogP) is -1.71. The van der Waals surface area contributed by atoms with E-state index in [-0.39, 0.29) is 122 Å². The summed E-state index contributed by atoms with van der Waals surface area (Å²) in [5.74, 6) is -1.95. The molecule has 0 aliphatic carbocycles. The minimum Gasteiger partial charge on any atom is -0.548 e. The second-order valence-electron chi connectivity index (χ2n) is 12.5. The van der Waals surface area contributed by atoms with Gasteiger partial charge in [0.25, 0.3) is 20.2 Å². The number of anilines is 2. The molecule has 0 fully saturated rings. The van der Waals surface area contributed by atoms with Crippen molar-refractivity contribution in [2.75, 3.05) is 17.6 Å². The molecule has 7 aromatic rings. The number of H-pyrrole nitrogens is 1. The number of hydrogen-bond donors (Lipinski definition) is 7. The van der Waals surface area contributed by atoms with E-state index in [0.717, 1.165) is 12.1 Å². The molecule has 0 amide bonds. The van der Waals surface area contributed by atoms with Gasteiger partial charge in [0, 0.05) is 17.3 Å². The van der Waals surface area contributed by atoms with Gasteiger partial charge in [0.05, 0.1) is 51.7 Å². The third-order valence-electron chi connectivity index (χ3n) is 8.45. The van der Waals surface area contributed by atoms with E-state index in [1.807, 2.05) is 0 Å². The van der Waals surface area contributed by atoms with Crippen LogP contribution in [0.4, 0.5) is 45.5 Å². The summed E-state index contributed by atoms with van der Waals surface area (Å²) < 4.78 is 69.7. The van der Waals surface area contributed by atoms with E-state index in [1.165, 1.54) is 42.5 Å². The zero-order valence-electron chi connectivity index (χ0n) is 32.8. The number of fused-ring (bicyclic) bond motifs is 2. The monoisotopic (exact) mass is 904 g/mol. The Hall–Kier alpha value is -4.66. The van der Waals surface area contributed by atoms with E-state index in [4.69, 9.17) is 5.73 Å². The van der Waals surface area contributed by atoms with Crippen LogP contribution in [0.15, 0.2) is 144 Å². The molecule has 0 saturated heterocycles. The van der Waals surface area contributed by atoms with Crippen LogP contribution in [0, 0.1) is 0 Å². The Morgan fingerprint density at radius 1 is 0.710 bits per heavy atom. The van der Waals surface area contributed by atoms with Crippen LogP contribution >= 0.6 is 0 Å². The molecule has 6 aromatic carbocycles. The number of benzene rings is 6. The zero-order chi connectivity index (χ0) is 42.1. The fraction of sp³-hybridized carbons (Fsp3) is 0.0270. The number of carbonyl (C=O) groups excluding carboxylic acids is 1. The number of aromatic amines is 1. The second-order valence-corrected chi connectivity index (χ2v) is 15.2. The van der Waals surface area contributed by atoms with Gasteiger partial charge in [-0.1, -0.05) is 18.2 Å². The first-order valence-electron chi connectivity index (χ1n) is 16.8. The summed E-state index contributed by atoms with van der Waals surface area (Å²) in [6.45, 7) is -0.433. The molecule has 25 heteroatoms. The molecular weight excluding hydrogens is 878 g/mol. The SMILES string of the molecule is Nc1c(N=Nc2ccc(-c3nc4ccc(N=Nc5ccc(NCC(=O)[O-])cc5O)cc4[nH]3)cc2)c(S(=O)(=O)O)cc2cc(S(=O)(=O)O)c(N=Nc3ccccc3)c(O)c12.[Na+].[Na+].[Na+]. The van der Waals surface area contributed by atoms with E-state index < -0.39 is 65.4 Å². The van der Waals surface area contributed by atoms with Crippen molar-refractivity contribution < 1.29 is 135 Å². The first-order chi connectivity index (χ1) is 28.0. The third-order valence-corrected chi connectivity index (χ3v) is 10.2. The number of aliphatic carboxylic acids is 1. The fourth-order valence-electron chi connectivity index (χ4n) is 5.70. The number of nitrogen functional groups attached to an aromatic ring is 1. The average molecular weight is 905 g/mol. The molecule has 7 rings (SSSR count). The molecule has 0 spiro atoms. The van der Waals surface area contributed by atoms with E-state index in [2.05, 4.69) is 46.0 Å². The number of carboxylic acid groups (broad SMARTS) is 1. The van der Waals surface area contributed by atoms with E-state index in [0.29, 0.717) is 33.8 Å². The smallest absolute Gasteiger partial charge is 0.548 e. The van der Waals surface area contributed by atoms with Crippen LogP contribution in [-0.2, 0) is 25.0 Å². The quantitative estimate of drug-likeness (QED) is 0.0311. The van der Waals surface area contributed by atoms with Gasteiger partial charge in [-0.25, -0.2) is 4.98 Å². The molecule has 0 bridgehead atoms. The Morgan fingerprint density at radius 2 is 1.29 bits per heavy atom. The van der Waals surface area contributed by atoms with Crippen LogP contribution in [0.25, 0.3) is 33.2 Å². The Balaban J connectivity index is 0.00000282. The summed E-state index contributed by atoms with van der Waals surface area (Å²) in [4.78, 5) is 16.6. The first-order valence-corrected chi connectivity index (χ1v) is 19.7. The number of carbonyl (C=O) groups is 1. The van der Waals surface area contributed by atoms with Crippen molar-refractivity contribution in [1.29, 1.82) is 0 Å². The summed E-state index contributed by atoms with van der Waals surface area (Å²) in [6, 6.07) is 25.3. The van der Waals surface area contributed by atoms with Gasteiger partial charge in [0.2, 0.25) is 0 Å². The average Bonchev–Trinajstić information content (AvgIpc) is 3.62. The van der Waals surface area contributed by atoms with Crippen LogP contribution in [0.1, 0.15) is 0 Å². The van der Waals surface area contributed by atoms with Crippen LogP contribution in [0.2, 0.25) is 0 Å². The van der Waals surface area contributed by atoms with E-state index in [1.54, 1.807) is 48.5 Å². The van der Waals surface area contributed by atoms with E-state index in [9.17, 15) is 46.1 Å². The van der Waals surface area contributed by atoms with Gasteiger partial charge in [-0.3, -0.25) is 9.11 Å². The van der Waals surface area contributed by atoms with Gasteiger partial charge in [-0.15, -0.1) is 15.3 Å². The number of aromatic hydroxyl groups is 2. The third kappa shape index (κ3) is 11.5. The minimum absolute atomic E-state index is 0. The van der Waals surface area contributed by atoms with Gasteiger partial charge in [-0.2, -0.15) is 32.2 Å². The van der Waals surface area contributed by atoms with E-state index >= 15 is 0 Å². The Bertz CT molecular complexity index is 3140. The first kappa shape index (κ1) is 50.0. The minimum atomic E-state index is -5.08. The number of imidazole rings is 1. The van der Waals surface area contributed by atoms with Gasteiger partial charge < -0.3 is 36.1 Å². The van der Waals surface area contributed by atoms with Crippen molar-refractivity contribution in [1.82, 2.24) is 9.97 Å². The Morgan fingerprint density at radius 3 is 1.90 bits per heavy atom. The number of hydrogen-bond acceptors (Lipinski definition) is 17. The molecule has 20 nitrogen and oxygen atoms in total. The number of nitrogens with one attached hydrogen (secondary N) is 2. The van der Waals surface area contributed by atoms with Gasteiger partial charge in [-0.05, 0) is 84.2 Å². The zero-order valence-corrected chi connectivity index (χ0v) is 40.4. The largest absolute Gasteiger partial charge is 1.00 e. The standard InChI is InChI=1S/C37H28N10O10S2.3Na/c38-33-32-20(15-30(59(55,56)57)35(36(32)51)47-42-21-4-2-1-3-5-21)14-29(58(52,53)54)34(33)46-43-22-8-6-19(7-9-22)37-40-25-12-11-24(16-27(25)41-37)44-45-26-13-10-23(17-28(26)48)39-18-31(49)50;;;/h1-17,39,48,51H,18,38H2,(H,40,41)(H,49,50)(H,52,53,54)(H,55,56,57);;;/q;3*+1/p-1. The van der Waals surface area contributed by atoms with Crippen molar-refractivity contribution in [2.24, 2.45) is 30.7 Å². The Labute approximate surface area is 417 Å². The number of phenols is 2. The number of aromatic nitrogens is 2. The second kappa shape index (κ2) is 20.7. The molecule has 298 valence electrons. The molecule has 62 heavy (non-hydrogen) atoms. The molecule has 1 aromatic heterocycles. The maximum Gasteiger partial charge on any atom is 1.00 e. The van der Waals surface area contributed by atoms with Crippen LogP contribution in [0.3, 0.4) is 0 Å². The number of rotatable bonds is 12. The molecule has 8 N–H and O–H groups in total. The van der Waals surface area contributed by atoms with Gasteiger partial charge in [0.15, 0.2) is 5.75 Å². The molecule has 0 unspecified atom stereocenters. The molecule has 0 saturated carbocycles. The van der Waals surface area contributed by atoms with Crippen molar-refractivity contribution in [3.63, 3.8) is 0 Å². The molecule has 0 atom stereocenters. The molecule has 1 heterocycles. The van der Waals surface area contributed by atoms with Crippen LogP contribution in [0.5, 0.6) is 11.5 Å². The maximum atomic E-state index is 12.5. The number of phenolic OH excluding ortho intramolecular Hbond substituents is 2. The summed E-state index contributed by atoms with van der Waals surface area (Å²) >= 11 is 0. The summed E-state index contributed by atoms with van der Waals surface area (Å²) in [7, 11) is -10.1. The molecular formula is C37H27N10Na3O10S2+2. The number of nitrogens with two attached hydrogens (primary N) is 1. The predicted molar refractivity (Wildman–Crippen MR) is 212 cm³/mol. The Kier molecular flexibility index (Phi) is 16.7. The summed E-state index contributed by atoms with van der Waals surface area (Å²) in [5.41, 5.74) is 7.71. The molecule has 0 aliphatic rings. The van der Waals surface area contributed by atoms with Gasteiger partial charge in [0.1, 0.15) is 38.4 Å². The molecule has 0 radical (unpaired) electrons. The van der Waals surface area contributed by atoms with Crippen molar-refractivity contribution in [3.8, 4) is 22.9 Å². The molecule has 0 aliphatic heterocycles. The maximum absolute atomic E-state index is 12.5. The normalized spacial score (nSPS) is 11.8. The fourth-order valence-corrected chi connectivity index (χ4v) is 7.03. The number of carboxylic acids is 1. The summed E-state index contributed by atoms with van der Waals surface area (Å²) in [6.07, 6.45) is 0. The number of nitrogens with zero attached hydrogens (tertiary/aromatic N) is 7. The van der Waals surface area contributed by atoms with Crippen LogP contribution < -0.4 is 105 Å². The van der Waals surface area contributed by atoms with Crippen molar-refractivity contribution >= 4 is 93.5 Å². The van der Waals surface area contributed by atoms with Crippen molar-refractivity contribution in [2.45, 2.75) is 9.79 Å². The number of azo groups is 3. The van der Waals surface area contributed by atoms with Crippen molar-refractivity contribution in [3.05, 3.63) is 103 Å². The van der Waals surface area contributed by atoms with Gasteiger partial charge >= 0.3 is 88.7 Å². The van der Waals surface area contributed by atoms with Crippen LogP contribution in [-0.4, -0.2) is 58.6 Å².